The molecule has 1 unspecified atom stereocenters. The first kappa shape index (κ1) is 31.4. The molecule has 208 valence electrons. The molecule has 2 aliphatic rings. The van der Waals surface area contributed by atoms with Gasteiger partial charge in [0.05, 0.1) is 19.8 Å². The Kier molecular flexibility index (Phi) is 12.2. The maximum atomic E-state index is 12.1. The van der Waals surface area contributed by atoms with Crippen LogP contribution in [0.25, 0.3) is 0 Å². The fraction of sp³-hybridized carbons (Fsp3) is 0.619. The van der Waals surface area contributed by atoms with Crippen LogP contribution in [-0.4, -0.2) is 112 Å². The molecule has 8 N–H and O–H groups in total. The molecule has 37 heavy (non-hydrogen) atoms. The summed E-state index contributed by atoms with van der Waals surface area (Å²) in [7, 11) is -5.11. The number of aliphatic imine (C=N–C) groups is 2. The van der Waals surface area contributed by atoms with Crippen molar-refractivity contribution in [1.29, 1.82) is 10.8 Å². The topological polar surface area (TPSA) is 230 Å². The average Bonchev–Trinajstić information content (AvgIpc) is 3.63. The number of ether oxygens (including phenoxy) is 3. The van der Waals surface area contributed by atoms with E-state index in [4.69, 9.17) is 36.6 Å². The lowest BCUT2D eigenvalue weighted by Crippen LogP contribution is -2.45. The second kappa shape index (κ2) is 14.4. The Labute approximate surface area is 218 Å². The van der Waals surface area contributed by atoms with Gasteiger partial charge in [-0.15, -0.1) is 0 Å². The Morgan fingerprint density at radius 3 is 2.54 bits per heavy atom. The monoisotopic (exact) mass is 565 g/mol. The van der Waals surface area contributed by atoms with Crippen molar-refractivity contribution in [3.63, 3.8) is 0 Å². The molecule has 0 bridgehead atoms. The normalized spacial score (nSPS) is 26.5. The van der Waals surface area contributed by atoms with E-state index in [9.17, 15) is 29.7 Å². The van der Waals surface area contributed by atoms with Gasteiger partial charge in [0.25, 0.3) is 0 Å². The van der Waals surface area contributed by atoms with E-state index in [1.165, 1.54) is 12.2 Å². The van der Waals surface area contributed by atoms with Crippen molar-refractivity contribution in [2.45, 2.75) is 42.6 Å². The molecule has 0 aromatic carbocycles. The largest absolute Gasteiger partial charge is 0.393 e. The Bertz CT molecular complexity index is 955. The smallest absolute Gasteiger partial charge is 0.361 e. The number of rotatable bonds is 14. The highest BCUT2D eigenvalue weighted by atomic mass is 35.5. The van der Waals surface area contributed by atoms with Gasteiger partial charge in [-0.1, -0.05) is 18.2 Å². The first-order valence-corrected chi connectivity index (χ1v) is 13.3. The molecule has 0 amide bonds. The zero-order chi connectivity index (χ0) is 27.6. The SMILES string of the molecule is C=NC(=N)COCC(CO)(OC[C@H]1O[C@@H](/C=C/C=C/C(=N\C(=N)Cl)NCC2CC2)[C@H](O)[C@@H]1O)P(=O)(O)O. The van der Waals surface area contributed by atoms with Gasteiger partial charge in [0.15, 0.2) is 0 Å². The summed E-state index contributed by atoms with van der Waals surface area (Å²) < 4.78 is 28.0. The van der Waals surface area contributed by atoms with Crippen molar-refractivity contribution in [3.05, 3.63) is 24.3 Å². The van der Waals surface area contributed by atoms with Crippen molar-refractivity contribution in [2.24, 2.45) is 15.9 Å². The lowest BCUT2D eigenvalue weighted by atomic mass is 10.1. The van der Waals surface area contributed by atoms with E-state index in [1.54, 1.807) is 12.2 Å². The fourth-order valence-corrected chi connectivity index (χ4v) is 3.97. The molecule has 5 atom stereocenters. The van der Waals surface area contributed by atoms with Crippen LogP contribution in [0.4, 0.5) is 0 Å². The summed E-state index contributed by atoms with van der Waals surface area (Å²) in [4.78, 5) is 26.7. The number of amidine groups is 3. The Morgan fingerprint density at radius 2 is 1.97 bits per heavy atom. The molecule has 2 fully saturated rings. The van der Waals surface area contributed by atoms with E-state index in [1.807, 2.05) is 0 Å². The van der Waals surface area contributed by atoms with Gasteiger partial charge in [-0.05, 0) is 43.2 Å². The maximum Gasteiger partial charge on any atom is 0.361 e. The summed E-state index contributed by atoms with van der Waals surface area (Å²) in [5, 5.41) is 45.3. The third kappa shape index (κ3) is 9.76. The van der Waals surface area contributed by atoms with Gasteiger partial charge >= 0.3 is 7.60 Å². The van der Waals surface area contributed by atoms with Crippen LogP contribution in [-0.2, 0) is 18.8 Å². The summed E-state index contributed by atoms with van der Waals surface area (Å²) in [6.45, 7) is 0.894. The number of nitrogens with one attached hydrogen (secondary N) is 3. The molecule has 0 radical (unpaired) electrons. The predicted molar refractivity (Wildman–Crippen MR) is 137 cm³/mol. The van der Waals surface area contributed by atoms with Gasteiger partial charge in [0.2, 0.25) is 10.6 Å². The number of hydrogen-bond acceptors (Lipinski definition) is 9. The van der Waals surface area contributed by atoms with Crippen molar-refractivity contribution in [1.82, 2.24) is 5.32 Å². The van der Waals surface area contributed by atoms with E-state index in [0.717, 1.165) is 12.8 Å². The predicted octanol–water partition coefficient (Wildman–Crippen LogP) is -0.263. The molecule has 16 heteroatoms. The highest BCUT2D eigenvalue weighted by molar-refractivity contribution is 7.53. The van der Waals surface area contributed by atoms with Crippen molar-refractivity contribution in [3.8, 4) is 0 Å². The van der Waals surface area contributed by atoms with Crippen LogP contribution >= 0.6 is 19.2 Å². The van der Waals surface area contributed by atoms with Gasteiger partial charge in [-0.2, -0.15) is 0 Å². The number of halogens is 1. The van der Waals surface area contributed by atoms with Crippen molar-refractivity contribution >= 4 is 42.9 Å². The minimum Gasteiger partial charge on any atom is -0.393 e. The van der Waals surface area contributed by atoms with Gasteiger partial charge in [-0.25, -0.2) is 9.98 Å². The molecule has 1 saturated carbocycles. The van der Waals surface area contributed by atoms with Gasteiger partial charge < -0.3 is 44.6 Å². The van der Waals surface area contributed by atoms with Crippen molar-refractivity contribution in [2.75, 3.05) is 33.0 Å². The molecule has 2 rings (SSSR count). The molecule has 1 heterocycles. The summed E-state index contributed by atoms with van der Waals surface area (Å²) in [6, 6.07) is 0. The summed E-state index contributed by atoms with van der Waals surface area (Å²) in [5.41, 5.74) is 0. The molecular weight excluding hydrogens is 533 g/mol. The Hall–Kier alpha value is -1.84. The number of nitrogens with zero attached hydrogens (tertiary/aromatic N) is 2. The second-order valence-electron chi connectivity index (χ2n) is 8.53. The summed E-state index contributed by atoms with van der Waals surface area (Å²) in [5.74, 6) is 0.660. The quantitative estimate of drug-likeness (QED) is 0.0452. The minimum absolute atomic E-state index is 0.295. The van der Waals surface area contributed by atoms with Crippen LogP contribution in [0.1, 0.15) is 12.8 Å². The highest BCUT2D eigenvalue weighted by Gasteiger charge is 2.50. The zero-order valence-electron chi connectivity index (χ0n) is 19.9. The molecule has 0 aromatic heterocycles. The van der Waals surface area contributed by atoms with E-state index in [-0.39, 0.29) is 11.1 Å². The summed E-state index contributed by atoms with van der Waals surface area (Å²) >= 11 is 5.54. The van der Waals surface area contributed by atoms with Crippen LogP contribution in [0, 0.1) is 16.7 Å². The molecule has 1 aliphatic heterocycles. The van der Waals surface area contributed by atoms with E-state index >= 15 is 0 Å². The molecular formula is C21H33ClN5O9P. The molecule has 1 aliphatic carbocycles. The third-order valence-corrected chi connectivity index (χ3v) is 7.15. The maximum absolute atomic E-state index is 12.1. The minimum atomic E-state index is -5.11. The summed E-state index contributed by atoms with van der Waals surface area (Å²) in [6.07, 6.45) is 3.39. The first-order valence-electron chi connectivity index (χ1n) is 11.3. The van der Waals surface area contributed by atoms with Crippen molar-refractivity contribution < 1.29 is 43.9 Å². The van der Waals surface area contributed by atoms with Crippen LogP contribution in [0.3, 0.4) is 0 Å². The number of aliphatic hydroxyl groups excluding tert-OH is 3. The van der Waals surface area contributed by atoms with Gasteiger partial charge in [0.1, 0.15) is 42.7 Å². The molecule has 14 nitrogen and oxygen atoms in total. The lowest BCUT2D eigenvalue weighted by molar-refractivity contribution is -0.118. The average molecular weight is 566 g/mol. The zero-order valence-corrected chi connectivity index (χ0v) is 21.6. The first-order chi connectivity index (χ1) is 17.4. The van der Waals surface area contributed by atoms with E-state index in [2.05, 4.69) is 22.0 Å². The van der Waals surface area contributed by atoms with Crippen LogP contribution in [0.15, 0.2) is 34.3 Å². The third-order valence-electron chi connectivity index (χ3n) is 5.60. The molecule has 0 spiro atoms. The Balaban J connectivity index is 1.98. The van der Waals surface area contributed by atoms with E-state index in [0.29, 0.717) is 18.3 Å². The second-order valence-corrected chi connectivity index (χ2v) is 10.8. The number of hydrogen-bond donors (Lipinski definition) is 8. The fourth-order valence-electron chi connectivity index (χ4n) is 3.19. The van der Waals surface area contributed by atoms with Crippen LogP contribution < -0.4 is 5.32 Å². The van der Waals surface area contributed by atoms with E-state index < -0.39 is 63.8 Å². The lowest BCUT2D eigenvalue weighted by Gasteiger charge is -2.33. The van der Waals surface area contributed by atoms with Crippen LogP contribution in [0.5, 0.6) is 0 Å². The van der Waals surface area contributed by atoms with Gasteiger partial charge in [0, 0.05) is 6.54 Å². The highest BCUT2D eigenvalue weighted by Crippen LogP contribution is 2.51. The molecule has 0 aromatic rings. The Morgan fingerprint density at radius 1 is 1.27 bits per heavy atom. The number of allylic oxidation sites excluding steroid dienone is 2. The molecule has 1 saturated heterocycles. The number of aliphatic hydroxyl groups is 3. The van der Waals surface area contributed by atoms with Gasteiger partial charge in [-0.3, -0.25) is 15.4 Å². The van der Waals surface area contributed by atoms with Crippen LogP contribution in [0.2, 0.25) is 0 Å². The standard InChI is InChI=1S/C21H33ClN5O9P/c1-25-16(23)10-34-12-21(11-28,37(31,32)33)35-9-15-19(30)18(29)14(36-15)4-2-3-5-17(27-20(22)24)26-8-13-6-7-13/h2-5,13-15,18-19,23,28-30H,1,6-12H2,(H2,24,26,27)(H2,31,32,33)/b4-2+,5-3+,23-16?/t14-,15+,18-,19+,21?/m0/s1.